The SMILES string of the molecule is [B]c1c([B])c([B])c2c(oc3c([B])c([B])c(-c4nc(-c5cccc(-c6ccc(-c7ccccc7)cc6)c5)nc(-c5c([B])c([B])c([B])c6c5oc5c([B])c([B])c([B])c([B])c56)n4)c([B])c32)c1[B]. The largest absolute Gasteiger partial charge is 0.457 e. The van der Waals surface area contributed by atoms with Crippen LogP contribution in [0.15, 0.2) is 87.7 Å². The molecule has 0 fully saturated rings. The predicted molar refractivity (Wildman–Crippen MR) is 277 cm³/mol. The van der Waals surface area contributed by atoms with Gasteiger partial charge >= 0.3 is 0 Å². The lowest BCUT2D eigenvalue weighted by molar-refractivity contribution is 0.673. The predicted octanol–water partition coefficient (Wildman–Crippen LogP) is -4.88. The number of furan rings is 2. The van der Waals surface area contributed by atoms with E-state index in [1.54, 1.807) is 0 Å². The van der Waals surface area contributed by atoms with Gasteiger partial charge in [-0.3, -0.25) is 0 Å². The maximum Gasteiger partial charge on any atom is 0.167 e. The maximum atomic E-state index is 7.05. The van der Waals surface area contributed by atoms with Crippen molar-refractivity contribution in [3.8, 4) is 56.4 Å². The third kappa shape index (κ3) is 6.16. The van der Waals surface area contributed by atoms with Crippen LogP contribution in [0.5, 0.6) is 0 Å². The molecule has 0 amide bonds. The van der Waals surface area contributed by atoms with Gasteiger partial charge < -0.3 is 8.83 Å². The number of benzene rings is 7. The second-order valence-electron chi connectivity index (χ2n) is 15.4. The van der Waals surface area contributed by atoms with Gasteiger partial charge in [-0.15, -0.1) is 27.3 Å². The summed E-state index contributed by atoms with van der Waals surface area (Å²) in [5.74, 6) is 0.0704. The van der Waals surface area contributed by atoms with Crippen LogP contribution in [0.3, 0.4) is 0 Å². The number of nitrogens with zero attached hydrogens (tertiary/aromatic N) is 3. The van der Waals surface area contributed by atoms with Crippen molar-refractivity contribution < 1.29 is 8.83 Å². The summed E-state index contributed by atoms with van der Waals surface area (Å²) < 4.78 is 12.6. The van der Waals surface area contributed by atoms with Crippen LogP contribution in [0.2, 0.25) is 0 Å². The standard InChI is InChI=1S/C45H13B14N3O2/c46-25-19-21-27(48)32(53)35(56)38(59)42(21)64-40(19)36(57)29(50)23(25)44-60-43(18-8-4-7-17(13-18)16-11-9-15(10-12-16)14-5-2-1-3-6-14)61-45(62-44)24-30(51)31(52)26(47)20-22-28(49)33(54)34(55)37(58)41(22)63-39(20)24/h1-13H. The Hall–Kier alpha value is -5.94. The Labute approximate surface area is 387 Å². The van der Waals surface area contributed by atoms with E-state index in [2.05, 4.69) is 24.3 Å². The quantitative estimate of drug-likeness (QED) is 0.164. The Morgan fingerprint density at radius 2 is 0.625 bits per heavy atom. The minimum atomic E-state index is -0.0444. The summed E-state index contributed by atoms with van der Waals surface area (Å²) in [7, 11) is 91.7. The molecule has 28 radical (unpaired) electrons. The van der Waals surface area contributed by atoms with Gasteiger partial charge in [-0.05, 0) is 28.3 Å². The average molecular weight is 779 g/mol. The van der Waals surface area contributed by atoms with Crippen LogP contribution in [0.4, 0.5) is 0 Å². The molecule has 19 heteroatoms. The third-order valence-corrected chi connectivity index (χ3v) is 11.8. The van der Waals surface area contributed by atoms with Gasteiger partial charge in [0, 0.05) is 32.7 Å². The number of hydrogen-bond donors (Lipinski definition) is 0. The van der Waals surface area contributed by atoms with Gasteiger partial charge in [0.25, 0.3) is 0 Å². The summed E-state index contributed by atoms with van der Waals surface area (Å²) in [6.07, 6.45) is 0. The number of rotatable bonds is 5. The molecule has 0 N–H and O–H groups in total. The van der Waals surface area contributed by atoms with Gasteiger partial charge in [0.15, 0.2) is 17.5 Å². The number of aromatic nitrogens is 3. The van der Waals surface area contributed by atoms with Gasteiger partial charge in [0.2, 0.25) is 0 Å². The summed E-state index contributed by atoms with van der Waals surface area (Å²) >= 11 is 0. The maximum absolute atomic E-state index is 7.05. The highest BCUT2D eigenvalue weighted by atomic mass is 16.3. The highest BCUT2D eigenvalue weighted by Gasteiger charge is 2.27. The van der Waals surface area contributed by atoms with Crippen LogP contribution in [0.25, 0.3) is 100 Å². The van der Waals surface area contributed by atoms with E-state index >= 15 is 0 Å². The van der Waals surface area contributed by atoms with Crippen LogP contribution in [0, 0.1) is 0 Å². The van der Waals surface area contributed by atoms with Crippen molar-refractivity contribution in [2.24, 2.45) is 0 Å². The molecular weight excluding hydrogens is 766 g/mol. The van der Waals surface area contributed by atoms with Crippen molar-refractivity contribution in [2.45, 2.75) is 0 Å². The summed E-state index contributed by atoms with van der Waals surface area (Å²) in [6, 6.07) is 25.8. The van der Waals surface area contributed by atoms with Crippen molar-refractivity contribution >= 4 is 230 Å². The Morgan fingerprint density at radius 3 is 1.19 bits per heavy atom. The second-order valence-corrected chi connectivity index (χ2v) is 15.4. The summed E-state index contributed by atoms with van der Waals surface area (Å²) in [5, 5.41) is 1.02. The molecule has 262 valence electrons. The lowest BCUT2D eigenvalue weighted by Crippen LogP contribution is -2.48. The Bertz CT molecular complexity index is 3670. The van der Waals surface area contributed by atoms with E-state index in [0.717, 1.165) is 22.3 Å². The van der Waals surface area contributed by atoms with Crippen molar-refractivity contribution in [2.75, 3.05) is 0 Å². The van der Waals surface area contributed by atoms with Gasteiger partial charge in [-0.25, -0.2) is 15.0 Å². The van der Waals surface area contributed by atoms with Crippen LogP contribution in [0.1, 0.15) is 0 Å². The molecule has 0 bridgehead atoms. The van der Waals surface area contributed by atoms with E-state index in [4.69, 9.17) is 134 Å². The molecule has 0 unspecified atom stereocenters. The van der Waals surface area contributed by atoms with Crippen molar-refractivity contribution in [1.82, 2.24) is 15.0 Å². The van der Waals surface area contributed by atoms with Gasteiger partial charge in [0.1, 0.15) is 132 Å². The van der Waals surface area contributed by atoms with Crippen molar-refractivity contribution in [1.29, 1.82) is 0 Å². The van der Waals surface area contributed by atoms with E-state index < -0.39 is 0 Å². The Kier molecular flexibility index (Phi) is 10.1. The molecule has 0 saturated heterocycles. The molecule has 3 aromatic heterocycles. The first-order valence-electron chi connectivity index (χ1n) is 19.5. The second kappa shape index (κ2) is 15.4. The molecule has 0 saturated carbocycles. The topological polar surface area (TPSA) is 65.0 Å². The molecular formula is C45H13B14N3O2. The van der Waals surface area contributed by atoms with Crippen LogP contribution >= 0.6 is 0 Å². The normalized spacial score (nSPS) is 11.7. The number of fused-ring (bicyclic) bond motifs is 6. The lowest BCUT2D eigenvalue weighted by Gasteiger charge is -2.18. The Morgan fingerprint density at radius 1 is 0.266 bits per heavy atom. The smallest absolute Gasteiger partial charge is 0.167 e. The fraction of sp³-hybridized carbons (Fsp3) is 0. The minimum Gasteiger partial charge on any atom is -0.457 e. The number of hydrogen-bond acceptors (Lipinski definition) is 5. The van der Waals surface area contributed by atoms with Crippen LogP contribution in [-0.2, 0) is 0 Å². The molecule has 10 aromatic rings. The van der Waals surface area contributed by atoms with Crippen molar-refractivity contribution in [3.05, 3.63) is 78.9 Å². The van der Waals surface area contributed by atoms with E-state index in [1.165, 1.54) is 0 Å². The first-order valence-corrected chi connectivity index (χ1v) is 19.5. The minimum absolute atomic E-state index is 0.0157. The van der Waals surface area contributed by atoms with E-state index in [0.29, 0.717) is 5.56 Å². The van der Waals surface area contributed by atoms with Crippen LogP contribution < -0.4 is 76.5 Å². The summed E-state index contributed by atoms with van der Waals surface area (Å²) in [6.45, 7) is 0. The van der Waals surface area contributed by atoms with Gasteiger partial charge in [0.05, 0.1) is 5.56 Å². The average Bonchev–Trinajstić information content (AvgIpc) is 3.92. The molecule has 0 atom stereocenters. The molecule has 3 heterocycles. The molecule has 7 aromatic carbocycles. The third-order valence-electron chi connectivity index (χ3n) is 11.8. The molecule has 10 rings (SSSR count). The van der Waals surface area contributed by atoms with Gasteiger partial charge in [-0.1, -0.05) is 122 Å². The van der Waals surface area contributed by atoms with E-state index in [-0.39, 0.29) is 149 Å². The van der Waals surface area contributed by atoms with Crippen molar-refractivity contribution in [3.63, 3.8) is 0 Å². The first-order chi connectivity index (χ1) is 30.6. The molecule has 0 spiro atoms. The molecule has 5 nitrogen and oxygen atoms in total. The first kappa shape index (κ1) is 42.0. The summed E-state index contributed by atoms with van der Waals surface area (Å²) in [5.41, 5.74) is 5.28. The zero-order chi connectivity index (χ0) is 45.2. The Balaban J connectivity index is 1.27. The molecule has 64 heavy (non-hydrogen) atoms. The monoisotopic (exact) mass is 781 g/mol. The zero-order valence-electron chi connectivity index (χ0n) is 33.7. The fourth-order valence-electron chi connectivity index (χ4n) is 8.31. The van der Waals surface area contributed by atoms with Crippen LogP contribution in [-0.4, -0.2) is 125 Å². The molecule has 0 aliphatic rings. The summed E-state index contributed by atoms with van der Waals surface area (Å²) in [4.78, 5) is 14.9. The highest BCUT2D eigenvalue weighted by Crippen LogP contribution is 2.34. The highest BCUT2D eigenvalue weighted by molar-refractivity contribution is 6.71. The van der Waals surface area contributed by atoms with E-state index in [1.807, 2.05) is 54.6 Å². The fourth-order valence-corrected chi connectivity index (χ4v) is 8.31. The lowest BCUT2D eigenvalue weighted by atomic mass is 9.64. The molecule has 0 aliphatic heterocycles. The van der Waals surface area contributed by atoms with Gasteiger partial charge in [-0.2, -0.15) is 0 Å². The van der Waals surface area contributed by atoms with E-state index in [9.17, 15) is 0 Å². The zero-order valence-corrected chi connectivity index (χ0v) is 33.7. The molecule has 0 aliphatic carbocycles.